The Bertz CT molecular complexity index is 1600. The fourth-order valence-corrected chi connectivity index (χ4v) is 5.33. The van der Waals surface area contributed by atoms with Crippen LogP contribution in [0.4, 0.5) is 11.4 Å². The van der Waals surface area contributed by atoms with Gasteiger partial charge in [-0.15, -0.1) is 0 Å². The molecule has 1 aliphatic rings. The van der Waals surface area contributed by atoms with E-state index in [9.17, 15) is 18.0 Å². The molecule has 1 N–H and O–H groups in total. The summed E-state index contributed by atoms with van der Waals surface area (Å²) in [5.41, 5.74) is 3.18. The molecule has 0 atom stereocenters. The van der Waals surface area contributed by atoms with Crippen LogP contribution in [0.15, 0.2) is 74.8 Å². The Morgan fingerprint density at radius 1 is 1.09 bits per heavy atom. The van der Waals surface area contributed by atoms with Crippen LogP contribution in [-0.4, -0.2) is 32.5 Å². The smallest absolute Gasteiger partial charge is 0.419 e. The van der Waals surface area contributed by atoms with E-state index < -0.39 is 15.8 Å². The van der Waals surface area contributed by atoms with Gasteiger partial charge in [0.15, 0.2) is 5.58 Å². The van der Waals surface area contributed by atoms with E-state index in [-0.39, 0.29) is 16.4 Å². The molecule has 0 spiro atoms. The largest absolute Gasteiger partial charge is 0.497 e. The van der Waals surface area contributed by atoms with E-state index in [4.69, 9.17) is 9.15 Å². The molecule has 5 rings (SSSR count). The molecule has 35 heavy (non-hydrogen) atoms. The normalized spacial score (nSPS) is 13.1. The average molecular weight is 494 g/mol. The molecule has 1 aromatic heterocycles. The third-order valence-corrected chi connectivity index (χ3v) is 7.46. The minimum atomic E-state index is -3.97. The molecule has 1 amide bonds. The lowest BCUT2D eigenvalue weighted by Gasteiger charge is -2.18. The van der Waals surface area contributed by atoms with Crippen LogP contribution in [0.2, 0.25) is 0 Å². The third kappa shape index (κ3) is 4.06. The monoisotopic (exact) mass is 493 g/mol. The van der Waals surface area contributed by atoms with Gasteiger partial charge < -0.3 is 14.1 Å². The molecule has 10 heteroatoms. The maximum Gasteiger partial charge on any atom is 0.419 e. The molecule has 0 aliphatic carbocycles. The number of methoxy groups -OCH3 is 1. The van der Waals surface area contributed by atoms with E-state index in [1.54, 1.807) is 61.4 Å². The van der Waals surface area contributed by atoms with Crippen molar-refractivity contribution in [2.75, 3.05) is 23.3 Å². The molecule has 0 fully saturated rings. The molecule has 1 aliphatic heterocycles. The van der Waals surface area contributed by atoms with Crippen LogP contribution in [0.1, 0.15) is 22.8 Å². The predicted octanol–water partition coefficient (Wildman–Crippen LogP) is 3.63. The van der Waals surface area contributed by atoms with Crippen LogP contribution >= 0.6 is 0 Å². The second-order valence-corrected chi connectivity index (χ2v) is 9.81. The number of nitrogens with one attached hydrogen (secondary N) is 1. The highest BCUT2D eigenvalue weighted by atomic mass is 32.2. The molecule has 9 nitrogen and oxygen atoms in total. The fraction of sp³-hybridized carbons (Fsp3) is 0.200. The second-order valence-electron chi connectivity index (χ2n) is 8.13. The number of nitrogens with zero attached hydrogens (tertiary/aromatic N) is 2. The molecule has 3 aromatic carbocycles. The predicted molar refractivity (Wildman–Crippen MR) is 132 cm³/mol. The van der Waals surface area contributed by atoms with Crippen LogP contribution < -0.4 is 20.1 Å². The third-order valence-electron chi connectivity index (χ3n) is 6.08. The summed E-state index contributed by atoms with van der Waals surface area (Å²) < 4.78 is 40.5. The van der Waals surface area contributed by atoms with E-state index in [1.807, 2.05) is 6.07 Å². The molecule has 0 bridgehead atoms. The van der Waals surface area contributed by atoms with Crippen molar-refractivity contribution in [3.63, 3.8) is 0 Å². The minimum absolute atomic E-state index is 0.0336. The van der Waals surface area contributed by atoms with Gasteiger partial charge in [-0.3, -0.25) is 14.1 Å². The van der Waals surface area contributed by atoms with Crippen molar-refractivity contribution in [1.29, 1.82) is 0 Å². The number of anilines is 2. The van der Waals surface area contributed by atoms with Crippen LogP contribution in [0, 0.1) is 0 Å². The highest BCUT2D eigenvalue weighted by Crippen LogP contribution is 2.33. The van der Waals surface area contributed by atoms with Crippen molar-refractivity contribution >= 4 is 38.4 Å². The first-order valence-corrected chi connectivity index (χ1v) is 12.5. The van der Waals surface area contributed by atoms with Crippen LogP contribution in [0.5, 0.6) is 5.75 Å². The molecular weight excluding hydrogens is 470 g/mol. The number of benzene rings is 3. The van der Waals surface area contributed by atoms with Crippen LogP contribution in [-0.2, 0) is 23.0 Å². The zero-order valence-corrected chi connectivity index (χ0v) is 20.0. The molecule has 2 heterocycles. The van der Waals surface area contributed by atoms with Crippen molar-refractivity contribution in [3.05, 3.63) is 82.3 Å². The minimum Gasteiger partial charge on any atom is -0.497 e. The zero-order valence-electron chi connectivity index (χ0n) is 19.1. The highest BCUT2D eigenvalue weighted by molar-refractivity contribution is 7.92. The van der Waals surface area contributed by atoms with Crippen molar-refractivity contribution in [1.82, 2.24) is 4.57 Å². The Morgan fingerprint density at radius 3 is 2.57 bits per heavy atom. The number of oxazole rings is 1. The Hall–Kier alpha value is -4.05. The number of sulfonamides is 1. The SMILES string of the molecule is CCn1c(=O)oc2cc(S(=O)(=O)Nc3ccc4c(c3)N(C(=O)c3ccc(OC)cc3)CC4)ccc21. The maximum absolute atomic E-state index is 13.1. The topological polar surface area (TPSA) is 111 Å². The number of aryl methyl sites for hydroxylation is 1. The summed E-state index contributed by atoms with van der Waals surface area (Å²) in [6.45, 7) is 2.72. The number of carbonyl (C=O) groups excluding carboxylic acids is 1. The first kappa shape index (κ1) is 22.7. The van der Waals surface area contributed by atoms with Gasteiger partial charge in [0.05, 0.1) is 23.2 Å². The standard InChI is InChI=1S/C25H23N3O6S/c1-3-27-21-11-10-20(15-23(21)34-25(27)30)35(31,32)26-18-7-4-16-12-13-28(22(16)14-18)24(29)17-5-8-19(33-2)9-6-17/h4-11,14-15,26H,3,12-13H2,1-2H3. The molecule has 0 unspecified atom stereocenters. The molecule has 4 aromatic rings. The summed E-state index contributed by atoms with van der Waals surface area (Å²) in [6.07, 6.45) is 0.675. The van der Waals surface area contributed by atoms with E-state index >= 15 is 0 Å². The van der Waals surface area contributed by atoms with Crippen molar-refractivity contribution in [3.8, 4) is 5.75 Å². The lowest BCUT2D eigenvalue weighted by Crippen LogP contribution is -2.28. The quantitative estimate of drug-likeness (QED) is 0.439. The molecule has 0 saturated carbocycles. The van der Waals surface area contributed by atoms with Gasteiger partial charge in [0, 0.05) is 30.4 Å². The molecule has 0 radical (unpaired) electrons. The summed E-state index contributed by atoms with van der Waals surface area (Å²) in [4.78, 5) is 26.7. The van der Waals surface area contributed by atoms with Crippen LogP contribution in [0.25, 0.3) is 11.1 Å². The number of hydrogen-bond acceptors (Lipinski definition) is 6. The van der Waals surface area contributed by atoms with Gasteiger partial charge in [-0.1, -0.05) is 6.07 Å². The first-order chi connectivity index (χ1) is 16.8. The summed E-state index contributed by atoms with van der Waals surface area (Å²) in [6, 6.07) is 16.3. The average Bonchev–Trinajstić information content (AvgIpc) is 3.42. The number of fused-ring (bicyclic) bond motifs is 2. The molecular formula is C25H23N3O6S. The lowest BCUT2D eigenvalue weighted by atomic mass is 10.1. The van der Waals surface area contributed by atoms with E-state index in [1.165, 1.54) is 16.7 Å². The van der Waals surface area contributed by atoms with Gasteiger partial charge in [-0.25, -0.2) is 13.2 Å². The summed E-state index contributed by atoms with van der Waals surface area (Å²) in [7, 11) is -2.41. The number of hydrogen-bond donors (Lipinski definition) is 1. The van der Waals surface area contributed by atoms with Gasteiger partial charge in [0.25, 0.3) is 15.9 Å². The maximum atomic E-state index is 13.1. The fourth-order valence-electron chi connectivity index (χ4n) is 4.27. The van der Waals surface area contributed by atoms with Gasteiger partial charge in [-0.05, 0) is 67.4 Å². The van der Waals surface area contributed by atoms with E-state index in [2.05, 4.69) is 4.72 Å². The van der Waals surface area contributed by atoms with E-state index in [0.29, 0.717) is 47.7 Å². The molecule has 180 valence electrons. The molecule has 0 saturated heterocycles. The van der Waals surface area contributed by atoms with Gasteiger partial charge in [-0.2, -0.15) is 0 Å². The van der Waals surface area contributed by atoms with Crippen LogP contribution in [0.3, 0.4) is 0 Å². The Labute approximate surface area is 201 Å². The van der Waals surface area contributed by atoms with Crippen molar-refractivity contribution in [2.24, 2.45) is 0 Å². The van der Waals surface area contributed by atoms with Gasteiger partial charge >= 0.3 is 5.76 Å². The van der Waals surface area contributed by atoms with E-state index in [0.717, 1.165) is 5.56 Å². The number of aromatic nitrogens is 1. The van der Waals surface area contributed by atoms with Crippen molar-refractivity contribution in [2.45, 2.75) is 24.8 Å². The Morgan fingerprint density at radius 2 is 1.86 bits per heavy atom. The summed E-state index contributed by atoms with van der Waals surface area (Å²) in [5, 5.41) is 0. The lowest BCUT2D eigenvalue weighted by molar-refractivity contribution is 0.0989. The second kappa shape index (κ2) is 8.62. The number of amides is 1. The summed E-state index contributed by atoms with van der Waals surface area (Å²) in [5.74, 6) is -0.0543. The van der Waals surface area contributed by atoms with Crippen molar-refractivity contribution < 1.29 is 22.4 Å². The number of ether oxygens (including phenoxy) is 1. The summed E-state index contributed by atoms with van der Waals surface area (Å²) >= 11 is 0. The number of rotatable bonds is 6. The zero-order chi connectivity index (χ0) is 24.7. The van der Waals surface area contributed by atoms with Gasteiger partial charge in [0.1, 0.15) is 5.75 Å². The number of carbonyl (C=O) groups is 1. The Kier molecular flexibility index (Phi) is 5.60. The Balaban J connectivity index is 1.42. The first-order valence-electron chi connectivity index (χ1n) is 11.1. The highest BCUT2D eigenvalue weighted by Gasteiger charge is 2.27. The van der Waals surface area contributed by atoms with Gasteiger partial charge in [0.2, 0.25) is 0 Å².